The molecule has 13 nitrogen and oxygen atoms in total. The van der Waals surface area contributed by atoms with Crippen LogP contribution in [0.2, 0.25) is 0 Å². The number of nitrogens with zero attached hydrogens (tertiary/aromatic N) is 7. The molecule has 0 spiro atoms. The Kier molecular flexibility index (Phi) is 8.44. The molecule has 0 aliphatic carbocycles. The van der Waals surface area contributed by atoms with Crippen LogP contribution < -0.4 is 5.73 Å². The van der Waals surface area contributed by atoms with Gasteiger partial charge >= 0.3 is 12.1 Å². The smallest absolute Gasteiger partial charge is 0.475 e. The van der Waals surface area contributed by atoms with E-state index in [1.54, 1.807) is 23.0 Å². The number of amides is 2. The van der Waals surface area contributed by atoms with Crippen LogP contribution in [0.5, 0.6) is 0 Å². The fourth-order valence-corrected chi connectivity index (χ4v) is 4.62. The van der Waals surface area contributed by atoms with E-state index in [1.165, 1.54) is 6.92 Å². The molecule has 1 atom stereocenters. The van der Waals surface area contributed by atoms with E-state index < -0.39 is 12.1 Å². The fraction of sp³-hybridized carbons (Fsp3) is 0.346. The van der Waals surface area contributed by atoms with Crippen molar-refractivity contribution < 1.29 is 37.3 Å². The summed E-state index contributed by atoms with van der Waals surface area (Å²) >= 11 is 0. The number of halogens is 3. The van der Waals surface area contributed by atoms with Crippen molar-refractivity contribution >= 4 is 34.6 Å². The highest BCUT2D eigenvalue weighted by Gasteiger charge is 2.38. The maximum atomic E-state index is 13.7. The van der Waals surface area contributed by atoms with Gasteiger partial charge < -0.3 is 25.2 Å². The number of aliphatic carboxylic acids is 1. The van der Waals surface area contributed by atoms with E-state index in [0.717, 1.165) is 12.0 Å². The van der Waals surface area contributed by atoms with Crippen molar-refractivity contribution in [2.75, 3.05) is 25.9 Å². The normalized spacial score (nSPS) is 14.9. The van der Waals surface area contributed by atoms with Crippen molar-refractivity contribution in [2.45, 2.75) is 39.0 Å². The Balaban J connectivity index is 0.000000517. The summed E-state index contributed by atoms with van der Waals surface area (Å²) in [7, 11) is 1.77. The maximum Gasteiger partial charge on any atom is 0.490 e. The number of fused-ring (bicyclic) bond motifs is 1. The zero-order valence-electron chi connectivity index (χ0n) is 22.8. The fourth-order valence-electron chi connectivity index (χ4n) is 4.62. The van der Waals surface area contributed by atoms with Crippen molar-refractivity contribution in [2.24, 2.45) is 0 Å². The number of imidazole rings is 1. The second-order valence-electron chi connectivity index (χ2n) is 9.39. The largest absolute Gasteiger partial charge is 0.490 e. The van der Waals surface area contributed by atoms with E-state index in [0.29, 0.717) is 53.4 Å². The lowest BCUT2D eigenvalue weighted by atomic mass is 10.1. The molecule has 1 saturated heterocycles. The average molecular weight is 589 g/mol. The van der Waals surface area contributed by atoms with Gasteiger partial charge in [-0.1, -0.05) is 30.3 Å². The molecule has 1 aliphatic rings. The first-order valence-electron chi connectivity index (χ1n) is 12.7. The number of hydrogen-bond donors (Lipinski definition) is 2. The molecule has 4 aromatic rings. The first-order valence-corrected chi connectivity index (χ1v) is 12.7. The second-order valence-corrected chi connectivity index (χ2v) is 9.39. The molecule has 0 bridgehead atoms. The van der Waals surface area contributed by atoms with E-state index in [4.69, 9.17) is 25.2 Å². The predicted molar refractivity (Wildman–Crippen MR) is 143 cm³/mol. The molecule has 1 unspecified atom stereocenters. The first kappa shape index (κ1) is 30.0. The number of carboxylic acids is 1. The number of anilines is 1. The highest BCUT2D eigenvalue weighted by molar-refractivity contribution is 6.08. The van der Waals surface area contributed by atoms with Gasteiger partial charge in [0.2, 0.25) is 5.91 Å². The number of hydrogen-bond acceptors (Lipinski definition) is 9. The summed E-state index contributed by atoms with van der Waals surface area (Å²) in [6.07, 6.45) is -2.75. The van der Waals surface area contributed by atoms with Crippen LogP contribution in [-0.4, -0.2) is 89.9 Å². The van der Waals surface area contributed by atoms with Gasteiger partial charge in [0.25, 0.3) is 5.91 Å². The predicted octanol–water partition coefficient (Wildman–Crippen LogP) is 3.08. The van der Waals surface area contributed by atoms with E-state index in [2.05, 4.69) is 15.3 Å². The number of nitrogens with two attached hydrogens (primary N) is 1. The van der Waals surface area contributed by atoms with Crippen LogP contribution in [-0.2, 0) is 16.1 Å². The molecule has 3 N–H and O–H groups in total. The van der Waals surface area contributed by atoms with Crippen LogP contribution in [0.4, 0.5) is 19.0 Å². The molecular weight excluding hydrogens is 561 g/mol. The zero-order valence-corrected chi connectivity index (χ0v) is 22.8. The van der Waals surface area contributed by atoms with Crippen LogP contribution in [0.15, 0.2) is 41.2 Å². The number of likely N-dealkylation sites (N-methyl/N-ethyl adjacent to an activating group) is 1. The number of aromatic nitrogens is 5. The molecule has 222 valence electrons. The van der Waals surface area contributed by atoms with Crippen LogP contribution in [0.1, 0.15) is 30.6 Å². The lowest BCUT2D eigenvalue weighted by Crippen LogP contribution is -2.39. The van der Waals surface area contributed by atoms with Crippen LogP contribution >= 0.6 is 0 Å². The van der Waals surface area contributed by atoms with Gasteiger partial charge in [0, 0.05) is 45.4 Å². The Morgan fingerprint density at radius 3 is 2.38 bits per heavy atom. The molecule has 1 aromatic carbocycles. The summed E-state index contributed by atoms with van der Waals surface area (Å²) in [6.45, 7) is 5.01. The molecule has 16 heteroatoms. The summed E-state index contributed by atoms with van der Waals surface area (Å²) < 4.78 is 38.4. The third-order valence-electron chi connectivity index (χ3n) is 6.83. The number of aryl methyl sites for hydroxylation is 1. The molecule has 3 aromatic heterocycles. The van der Waals surface area contributed by atoms with Crippen molar-refractivity contribution in [1.29, 1.82) is 0 Å². The van der Waals surface area contributed by atoms with Crippen molar-refractivity contribution in [3.63, 3.8) is 0 Å². The molecular formula is C26H27F3N8O5. The Morgan fingerprint density at radius 2 is 1.83 bits per heavy atom. The lowest BCUT2D eigenvalue weighted by Gasteiger charge is -2.23. The standard InChI is InChI=1S/C24H26N8O3.C2HF3O2/c1-4-32-21-17(24(34)31-11-10-16(13-31)30(3)14(2)33)12-26-18(15-8-6-5-7-9-15)19(21)27-23(32)20-22(25)29-35-28-20;3-2(4,5)1(6)7/h5-9,12,16H,4,10-11,13H2,1-3H3,(H2,25,29);(H,6,7). The Morgan fingerprint density at radius 1 is 1.17 bits per heavy atom. The van der Waals surface area contributed by atoms with E-state index in [-0.39, 0.29) is 23.7 Å². The third-order valence-corrected chi connectivity index (χ3v) is 6.83. The number of likely N-dealkylation sites (tertiary alicyclic amines) is 1. The van der Waals surface area contributed by atoms with E-state index in [9.17, 15) is 22.8 Å². The highest BCUT2D eigenvalue weighted by Crippen LogP contribution is 2.34. The number of carbonyl (C=O) groups is 3. The molecule has 1 fully saturated rings. The minimum absolute atomic E-state index is 0.0175. The van der Waals surface area contributed by atoms with Crippen LogP contribution in [0.25, 0.3) is 33.8 Å². The van der Waals surface area contributed by atoms with Gasteiger partial charge in [-0.15, -0.1) is 0 Å². The summed E-state index contributed by atoms with van der Waals surface area (Å²) in [5.74, 6) is -2.36. The molecule has 2 amide bonds. The molecule has 1 aliphatic heterocycles. The summed E-state index contributed by atoms with van der Waals surface area (Å²) in [6, 6.07) is 9.66. The van der Waals surface area contributed by atoms with E-state index >= 15 is 0 Å². The van der Waals surface area contributed by atoms with Gasteiger partial charge in [0.05, 0.1) is 22.8 Å². The molecule has 0 saturated carbocycles. The topological polar surface area (TPSA) is 174 Å². The van der Waals surface area contributed by atoms with Crippen molar-refractivity contribution in [1.82, 2.24) is 34.6 Å². The Hall–Kier alpha value is -5.02. The molecule has 42 heavy (non-hydrogen) atoms. The third kappa shape index (κ3) is 5.87. The summed E-state index contributed by atoms with van der Waals surface area (Å²) in [4.78, 5) is 47.4. The summed E-state index contributed by atoms with van der Waals surface area (Å²) in [5.41, 5.74) is 9.47. The summed E-state index contributed by atoms with van der Waals surface area (Å²) in [5, 5.41) is 14.8. The average Bonchev–Trinajstić information content (AvgIpc) is 3.70. The monoisotopic (exact) mass is 588 g/mol. The molecule has 0 radical (unpaired) electrons. The minimum atomic E-state index is -5.08. The first-order chi connectivity index (χ1) is 19.8. The highest BCUT2D eigenvalue weighted by atomic mass is 19.4. The Labute approximate surface area is 236 Å². The quantitative estimate of drug-likeness (QED) is 0.353. The Bertz CT molecular complexity index is 1620. The number of pyridine rings is 1. The van der Waals surface area contributed by atoms with Crippen LogP contribution in [0.3, 0.4) is 0 Å². The van der Waals surface area contributed by atoms with Gasteiger partial charge in [-0.25, -0.2) is 14.4 Å². The lowest BCUT2D eigenvalue weighted by molar-refractivity contribution is -0.192. The maximum absolute atomic E-state index is 13.7. The van der Waals surface area contributed by atoms with Gasteiger partial charge in [0.15, 0.2) is 17.3 Å². The number of nitrogen functional groups attached to an aromatic ring is 1. The number of carbonyl (C=O) groups excluding carboxylic acids is 2. The number of benzene rings is 1. The van der Waals surface area contributed by atoms with Gasteiger partial charge in [-0.2, -0.15) is 13.2 Å². The zero-order chi connectivity index (χ0) is 30.8. The SMILES string of the molecule is CCn1c(-c2nonc2N)nc2c(-c3ccccc3)ncc(C(=O)N3CCC(N(C)C(C)=O)C3)c21.O=C(O)C(F)(F)F. The van der Waals surface area contributed by atoms with Gasteiger partial charge in [0.1, 0.15) is 5.52 Å². The number of rotatable bonds is 5. The number of carboxylic acid groups (broad SMARTS) is 1. The molecule has 5 rings (SSSR count). The van der Waals surface area contributed by atoms with Crippen LogP contribution in [0, 0.1) is 0 Å². The van der Waals surface area contributed by atoms with Crippen molar-refractivity contribution in [3.8, 4) is 22.8 Å². The van der Waals surface area contributed by atoms with Gasteiger partial charge in [-0.05, 0) is 23.7 Å². The van der Waals surface area contributed by atoms with E-state index in [1.807, 2.05) is 41.8 Å². The van der Waals surface area contributed by atoms with Crippen molar-refractivity contribution in [3.05, 3.63) is 42.1 Å². The second kappa shape index (κ2) is 11.8. The van der Waals surface area contributed by atoms with Gasteiger partial charge in [-0.3, -0.25) is 14.6 Å². The minimum Gasteiger partial charge on any atom is -0.475 e. The molecule has 4 heterocycles. The number of alkyl halides is 3.